The van der Waals surface area contributed by atoms with E-state index in [1.807, 2.05) is 0 Å². The molecule has 0 aromatic heterocycles. The van der Waals surface area contributed by atoms with E-state index in [1.165, 1.54) is 0 Å². The van der Waals surface area contributed by atoms with Gasteiger partial charge in [-0.05, 0) is 37.1 Å². The first-order chi connectivity index (χ1) is 9.06. The number of amides is 3. The predicted molar refractivity (Wildman–Crippen MR) is 73.6 cm³/mol. The van der Waals surface area contributed by atoms with Gasteiger partial charge < -0.3 is 22.1 Å². The Balaban J connectivity index is 1.95. The summed E-state index contributed by atoms with van der Waals surface area (Å²) in [6, 6.07) is 6.11. The molecule has 0 spiro atoms. The fraction of sp³-hybridized carbons (Fsp3) is 0.385. The van der Waals surface area contributed by atoms with Gasteiger partial charge in [0.15, 0.2) is 0 Å². The molecule has 1 aliphatic rings. The molecule has 0 saturated heterocycles. The molecule has 1 saturated carbocycles. The van der Waals surface area contributed by atoms with Crippen molar-refractivity contribution in [3.63, 3.8) is 0 Å². The van der Waals surface area contributed by atoms with Gasteiger partial charge in [-0.25, -0.2) is 4.79 Å². The molecule has 1 fully saturated rings. The third-order valence-electron chi connectivity index (χ3n) is 3.33. The van der Waals surface area contributed by atoms with Gasteiger partial charge >= 0.3 is 6.03 Å². The molecule has 1 aliphatic carbocycles. The highest BCUT2D eigenvalue weighted by Crippen LogP contribution is 2.25. The van der Waals surface area contributed by atoms with Crippen molar-refractivity contribution in [3.8, 4) is 0 Å². The molecule has 3 amide bonds. The minimum atomic E-state index is -0.617. The summed E-state index contributed by atoms with van der Waals surface area (Å²) >= 11 is 0. The van der Waals surface area contributed by atoms with Crippen LogP contribution in [-0.4, -0.2) is 18.0 Å². The number of hydrogen-bond acceptors (Lipinski definition) is 3. The zero-order valence-electron chi connectivity index (χ0n) is 10.6. The average molecular weight is 262 g/mol. The lowest BCUT2D eigenvalue weighted by molar-refractivity contribution is -0.120. The van der Waals surface area contributed by atoms with E-state index in [-0.39, 0.29) is 17.9 Å². The zero-order valence-corrected chi connectivity index (χ0v) is 10.6. The van der Waals surface area contributed by atoms with Crippen LogP contribution in [0.1, 0.15) is 19.3 Å². The van der Waals surface area contributed by atoms with Crippen LogP contribution in [-0.2, 0) is 4.79 Å². The van der Waals surface area contributed by atoms with Gasteiger partial charge in [0.25, 0.3) is 0 Å². The lowest BCUT2D eigenvalue weighted by Crippen LogP contribution is -2.34. The Kier molecular flexibility index (Phi) is 4.01. The number of rotatable bonds is 3. The molecule has 6 heteroatoms. The first-order valence-corrected chi connectivity index (χ1v) is 6.29. The Labute approximate surface area is 111 Å². The molecule has 6 N–H and O–H groups in total. The van der Waals surface area contributed by atoms with E-state index in [4.69, 9.17) is 11.5 Å². The molecule has 2 unspecified atom stereocenters. The summed E-state index contributed by atoms with van der Waals surface area (Å²) in [6.45, 7) is 0. The quantitative estimate of drug-likeness (QED) is 0.657. The van der Waals surface area contributed by atoms with Crippen molar-refractivity contribution in [2.24, 2.45) is 17.4 Å². The molecule has 1 aromatic carbocycles. The van der Waals surface area contributed by atoms with Crippen LogP contribution in [0.15, 0.2) is 24.3 Å². The Morgan fingerprint density at radius 2 is 1.63 bits per heavy atom. The van der Waals surface area contributed by atoms with E-state index in [0.29, 0.717) is 11.4 Å². The lowest BCUT2D eigenvalue weighted by atomic mass is 10.0. The van der Waals surface area contributed by atoms with Crippen molar-refractivity contribution in [2.45, 2.75) is 25.3 Å². The number of urea groups is 1. The third kappa shape index (κ3) is 3.45. The molecule has 2 rings (SSSR count). The van der Waals surface area contributed by atoms with E-state index >= 15 is 0 Å². The summed E-state index contributed by atoms with van der Waals surface area (Å²) in [7, 11) is 0. The van der Waals surface area contributed by atoms with Crippen LogP contribution in [0.2, 0.25) is 0 Å². The number of primary amides is 1. The smallest absolute Gasteiger partial charge is 0.316 e. The van der Waals surface area contributed by atoms with Crippen molar-refractivity contribution >= 4 is 23.3 Å². The standard InChI is InChI=1S/C13H18N4O2/c14-11-3-1-2-10(11)12(18)16-8-4-6-9(7-5-8)17-13(15)19/h4-7,10-11H,1-3,14H2,(H,16,18)(H3,15,17,19). The Bertz CT molecular complexity index is 472. The van der Waals surface area contributed by atoms with Crippen LogP contribution in [0, 0.1) is 5.92 Å². The molecule has 19 heavy (non-hydrogen) atoms. The molecule has 2 atom stereocenters. The maximum absolute atomic E-state index is 12.0. The van der Waals surface area contributed by atoms with Gasteiger partial charge in [0.1, 0.15) is 0 Å². The molecule has 0 heterocycles. The van der Waals surface area contributed by atoms with Crippen molar-refractivity contribution < 1.29 is 9.59 Å². The van der Waals surface area contributed by atoms with Gasteiger partial charge in [-0.3, -0.25) is 4.79 Å². The van der Waals surface area contributed by atoms with E-state index in [1.54, 1.807) is 24.3 Å². The summed E-state index contributed by atoms with van der Waals surface area (Å²) in [5.74, 6) is -0.149. The summed E-state index contributed by atoms with van der Waals surface area (Å²) < 4.78 is 0. The topological polar surface area (TPSA) is 110 Å². The van der Waals surface area contributed by atoms with Crippen LogP contribution in [0.3, 0.4) is 0 Å². The number of anilines is 2. The van der Waals surface area contributed by atoms with E-state index in [2.05, 4.69) is 10.6 Å². The highest BCUT2D eigenvalue weighted by molar-refractivity contribution is 5.94. The maximum Gasteiger partial charge on any atom is 0.316 e. The molecular formula is C13H18N4O2. The number of benzene rings is 1. The zero-order chi connectivity index (χ0) is 13.8. The minimum Gasteiger partial charge on any atom is -0.351 e. The molecule has 102 valence electrons. The second-order valence-electron chi connectivity index (χ2n) is 4.76. The fourth-order valence-corrected chi connectivity index (χ4v) is 2.33. The predicted octanol–water partition coefficient (Wildman–Crippen LogP) is 1.24. The van der Waals surface area contributed by atoms with Gasteiger partial charge in [-0.1, -0.05) is 6.42 Å². The SMILES string of the molecule is NC(=O)Nc1ccc(NC(=O)C2CCCC2N)cc1. The van der Waals surface area contributed by atoms with Crippen molar-refractivity contribution in [1.29, 1.82) is 0 Å². The molecule has 0 bridgehead atoms. The van der Waals surface area contributed by atoms with Gasteiger partial charge in [-0.15, -0.1) is 0 Å². The second kappa shape index (κ2) is 5.71. The fourth-order valence-electron chi connectivity index (χ4n) is 2.33. The van der Waals surface area contributed by atoms with E-state index in [0.717, 1.165) is 19.3 Å². The van der Waals surface area contributed by atoms with Crippen LogP contribution in [0.25, 0.3) is 0 Å². The number of carbonyl (C=O) groups is 2. The Morgan fingerprint density at radius 3 is 2.11 bits per heavy atom. The normalized spacial score (nSPS) is 21.9. The van der Waals surface area contributed by atoms with Crippen LogP contribution in [0.4, 0.5) is 16.2 Å². The highest BCUT2D eigenvalue weighted by atomic mass is 16.2. The monoisotopic (exact) mass is 262 g/mol. The molecule has 0 radical (unpaired) electrons. The van der Waals surface area contributed by atoms with Crippen LogP contribution in [0.5, 0.6) is 0 Å². The highest BCUT2D eigenvalue weighted by Gasteiger charge is 2.30. The number of carbonyl (C=O) groups excluding carboxylic acids is 2. The van der Waals surface area contributed by atoms with Crippen molar-refractivity contribution in [1.82, 2.24) is 0 Å². The van der Waals surface area contributed by atoms with E-state index in [9.17, 15) is 9.59 Å². The molecule has 1 aromatic rings. The lowest BCUT2D eigenvalue weighted by Gasteiger charge is -2.15. The van der Waals surface area contributed by atoms with Crippen molar-refractivity contribution in [3.05, 3.63) is 24.3 Å². The second-order valence-corrected chi connectivity index (χ2v) is 4.76. The molecule has 0 aliphatic heterocycles. The first kappa shape index (κ1) is 13.4. The van der Waals surface area contributed by atoms with Crippen LogP contribution < -0.4 is 22.1 Å². The molecular weight excluding hydrogens is 244 g/mol. The number of nitrogens with two attached hydrogens (primary N) is 2. The van der Waals surface area contributed by atoms with Gasteiger partial charge in [0, 0.05) is 17.4 Å². The van der Waals surface area contributed by atoms with Gasteiger partial charge in [0.2, 0.25) is 5.91 Å². The molecule has 6 nitrogen and oxygen atoms in total. The van der Waals surface area contributed by atoms with Gasteiger partial charge in [-0.2, -0.15) is 0 Å². The largest absolute Gasteiger partial charge is 0.351 e. The Morgan fingerprint density at radius 1 is 1.05 bits per heavy atom. The average Bonchev–Trinajstić information content (AvgIpc) is 2.77. The summed E-state index contributed by atoms with van der Waals surface area (Å²) in [5.41, 5.74) is 12.2. The number of hydrogen-bond donors (Lipinski definition) is 4. The van der Waals surface area contributed by atoms with E-state index < -0.39 is 6.03 Å². The van der Waals surface area contributed by atoms with Gasteiger partial charge in [0.05, 0.1) is 5.92 Å². The maximum atomic E-state index is 12.0. The summed E-state index contributed by atoms with van der Waals surface area (Å²) in [5, 5.41) is 5.29. The van der Waals surface area contributed by atoms with Crippen molar-refractivity contribution in [2.75, 3.05) is 10.6 Å². The first-order valence-electron chi connectivity index (χ1n) is 6.29. The minimum absolute atomic E-state index is 0.0411. The van der Waals surface area contributed by atoms with Crippen LogP contribution >= 0.6 is 0 Å². The summed E-state index contributed by atoms with van der Waals surface area (Å²) in [6.07, 6.45) is 2.74. The third-order valence-corrected chi connectivity index (χ3v) is 3.33. The summed E-state index contributed by atoms with van der Waals surface area (Å²) in [4.78, 5) is 22.7. The Hall–Kier alpha value is -2.08. The number of nitrogens with one attached hydrogen (secondary N) is 2.